The molecule has 4 fully saturated rings. The van der Waals surface area contributed by atoms with E-state index in [-0.39, 0.29) is 23.7 Å². The van der Waals surface area contributed by atoms with Gasteiger partial charge in [0.05, 0.1) is 12.2 Å². The molecule has 170 valence electrons. The van der Waals surface area contributed by atoms with Crippen LogP contribution < -0.4 is 16.6 Å². The number of anilines is 2. The molecule has 31 heavy (non-hydrogen) atoms. The molecule has 5 nitrogen and oxygen atoms in total. The number of nitrogens with zero attached hydrogens (tertiary/aromatic N) is 2. The number of nitrogens with two attached hydrogens (primary N) is 2. The largest absolute Gasteiger partial charge is 0.396 e. The summed E-state index contributed by atoms with van der Waals surface area (Å²) in [6.45, 7) is 5.08. The minimum Gasteiger partial charge on any atom is -0.396 e. The highest BCUT2D eigenvalue weighted by molar-refractivity contribution is 5.87. The van der Waals surface area contributed by atoms with Gasteiger partial charge in [0, 0.05) is 12.1 Å². The number of carbonyl (C=O) groups excluding carboxylic acids is 1. The van der Waals surface area contributed by atoms with Crippen LogP contribution in [-0.2, 0) is 4.79 Å². The van der Waals surface area contributed by atoms with Crippen LogP contribution >= 0.6 is 0 Å². The van der Waals surface area contributed by atoms with Crippen LogP contribution in [0.1, 0.15) is 71.6 Å². The zero-order chi connectivity index (χ0) is 21.8. The maximum absolute atomic E-state index is 13.4. The molecule has 0 bridgehead atoms. The van der Waals surface area contributed by atoms with Crippen LogP contribution in [0.2, 0.25) is 0 Å². The van der Waals surface area contributed by atoms with Crippen LogP contribution in [0.15, 0.2) is 18.3 Å². The third-order valence-electron chi connectivity index (χ3n) is 10.0. The van der Waals surface area contributed by atoms with Crippen LogP contribution in [0, 0.1) is 46.8 Å². The van der Waals surface area contributed by atoms with E-state index in [0.29, 0.717) is 17.4 Å². The zero-order valence-electron chi connectivity index (χ0n) is 19.3. The van der Waals surface area contributed by atoms with Crippen LogP contribution in [0.5, 0.6) is 0 Å². The molecule has 0 radical (unpaired) electrons. The zero-order valence-corrected chi connectivity index (χ0v) is 19.3. The topological polar surface area (TPSA) is 85.2 Å². The Kier molecular flexibility index (Phi) is 5.52. The van der Waals surface area contributed by atoms with E-state index in [9.17, 15) is 4.79 Å². The summed E-state index contributed by atoms with van der Waals surface area (Å²) in [5.74, 6) is 12.5. The molecule has 1 aromatic rings. The Labute approximate surface area is 187 Å². The second kappa shape index (κ2) is 8.06. The van der Waals surface area contributed by atoms with Gasteiger partial charge >= 0.3 is 0 Å². The lowest BCUT2D eigenvalue weighted by Gasteiger charge is -2.56. The maximum Gasteiger partial charge on any atom is 0.166 e. The normalized spacial score (nSPS) is 41.7. The quantitative estimate of drug-likeness (QED) is 0.535. The first-order valence-corrected chi connectivity index (χ1v) is 12.6. The van der Waals surface area contributed by atoms with Crippen molar-refractivity contribution in [2.75, 3.05) is 17.3 Å². The fraction of sp³-hybridized carbons (Fsp3) is 0.769. The first kappa shape index (κ1) is 21.2. The number of aromatic nitrogens is 1. The van der Waals surface area contributed by atoms with Gasteiger partial charge in [0.25, 0.3) is 0 Å². The third kappa shape index (κ3) is 3.57. The van der Waals surface area contributed by atoms with E-state index < -0.39 is 0 Å². The second-order valence-electron chi connectivity index (χ2n) is 11.5. The first-order chi connectivity index (χ1) is 14.9. The number of Topliss-reactive ketones (excluding diaryl/α,β-unsaturated/α-hetero) is 1. The minimum absolute atomic E-state index is 0.124. The monoisotopic (exact) mass is 424 g/mol. The van der Waals surface area contributed by atoms with E-state index in [1.807, 2.05) is 0 Å². The Bertz CT molecular complexity index is 827. The van der Waals surface area contributed by atoms with E-state index in [4.69, 9.17) is 11.6 Å². The lowest BCUT2D eigenvalue weighted by atomic mass is 9.49. The lowest BCUT2D eigenvalue weighted by Crippen LogP contribution is -2.50. The molecule has 1 aromatic heterocycles. The van der Waals surface area contributed by atoms with Crippen molar-refractivity contribution < 1.29 is 4.79 Å². The molecule has 0 aliphatic heterocycles. The molecule has 0 saturated heterocycles. The molecule has 4 saturated carbocycles. The molecule has 0 spiro atoms. The molecule has 5 heteroatoms. The van der Waals surface area contributed by atoms with Gasteiger partial charge in [-0.2, -0.15) is 0 Å². The van der Waals surface area contributed by atoms with Crippen molar-refractivity contribution >= 4 is 17.3 Å². The van der Waals surface area contributed by atoms with E-state index in [2.05, 4.69) is 18.8 Å². The molecular formula is C26H40N4O. The number of hydrogen-bond acceptors (Lipinski definition) is 5. The third-order valence-corrected chi connectivity index (χ3v) is 10.0. The smallest absolute Gasteiger partial charge is 0.166 e. The van der Waals surface area contributed by atoms with Gasteiger partial charge in [0.1, 0.15) is 0 Å². The number of hydrogen-bond donors (Lipinski definition) is 2. The van der Waals surface area contributed by atoms with E-state index in [0.717, 1.165) is 36.0 Å². The highest BCUT2D eigenvalue weighted by Crippen LogP contribution is 2.64. The number of ketones is 1. The van der Waals surface area contributed by atoms with Crippen molar-refractivity contribution in [3.63, 3.8) is 0 Å². The van der Waals surface area contributed by atoms with Crippen molar-refractivity contribution in [1.29, 1.82) is 0 Å². The number of nitrogen functional groups attached to an aromatic ring is 1. The van der Waals surface area contributed by atoms with Gasteiger partial charge in [0.15, 0.2) is 11.6 Å². The van der Waals surface area contributed by atoms with E-state index >= 15 is 0 Å². The maximum atomic E-state index is 13.4. The summed E-state index contributed by atoms with van der Waals surface area (Å²) in [4.78, 5) is 17.7. The molecule has 1 heterocycles. The van der Waals surface area contributed by atoms with Gasteiger partial charge in [-0.25, -0.2) is 10.8 Å². The highest BCUT2D eigenvalue weighted by Gasteiger charge is 2.58. The summed E-state index contributed by atoms with van der Waals surface area (Å²) in [7, 11) is 0. The van der Waals surface area contributed by atoms with Gasteiger partial charge in [-0.05, 0) is 104 Å². The Morgan fingerprint density at radius 1 is 1.13 bits per heavy atom. The Hall–Kier alpha value is -1.62. The summed E-state index contributed by atoms with van der Waals surface area (Å²) in [6, 6.07) is 3.57. The summed E-state index contributed by atoms with van der Waals surface area (Å²) in [6.07, 6.45) is 13.6. The van der Waals surface area contributed by atoms with E-state index in [1.165, 1.54) is 56.4 Å². The Morgan fingerprint density at radius 2 is 1.94 bits per heavy atom. The summed E-state index contributed by atoms with van der Waals surface area (Å²) in [5.41, 5.74) is 6.69. The number of carbonyl (C=O) groups is 1. The van der Waals surface area contributed by atoms with Gasteiger partial charge in [-0.1, -0.05) is 20.3 Å². The SMILES string of the molecule is CC1CCC2C(CCC3C2CCC2(C)C(C(=O)CN(N)c4ncccc4N)CCC32)C1. The number of hydrazine groups is 1. The fourth-order valence-corrected chi connectivity index (χ4v) is 8.62. The molecule has 0 amide bonds. The Morgan fingerprint density at radius 3 is 2.74 bits per heavy atom. The summed E-state index contributed by atoms with van der Waals surface area (Å²) >= 11 is 0. The minimum atomic E-state index is 0.124. The molecule has 8 atom stereocenters. The van der Waals surface area contributed by atoms with Crippen molar-refractivity contribution in [2.45, 2.75) is 71.6 Å². The molecule has 4 N–H and O–H groups in total. The predicted octanol–water partition coefficient (Wildman–Crippen LogP) is 4.82. The van der Waals surface area contributed by atoms with Gasteiger partial charge < -0.3 is 5.73 Å². The molecule has 0 aromatic carbocycles. The Balaban J connectivity index is 1.29. The second-order valence-corrected chi connectivity index (χ2v) is 11.5. The molecule has 4 aliphatic carbocycles. The molecule has 8 unspecified atom stereocenters. The van der Waals surface area contributed by atoms with E-state index in [1.54, 1.807) is 18.3 Å². The fourth-order valence-electron chi connectivity index (χ4n) is 8.62. The average molecular weight is 425 g/mol. The van der Waals surface area contributed by atoms with Crippen molar-refractivity contribution in [2.24, 2.45) is 52.7 Å². The average Bonchev–Trinajstić information content (AvgIpc) is 3.11. The number of fused-ring (bicyclic) bond motifs is 5. The van der Waals surface area contributed by atoms with Crippen LogP contribution in [0.25, 0.3) is 0 Å². The highest BCUT2D eigenvalue weighted by atomic mass is 16.1. The predicted molar refractivity (Wildman–Crippen MR) is 125 cm³/mol. The van der Waals surface area contributed by atoms with Crippen LogP contribution in [0.3, 0.4) is 0 Å². The van der Waals surface area contributed by atoms with Gasteiger partial charge in [-0.3, -0.25) is 9.80 Å². The van der Waals surface area contributed by atoms with Crippen LogP contribution in [-0.4, -0.2) is 17.3 Å². The molecule has 5 rings (SSSR count). The van der Waals surface area contributed by atoms with Crippen molar-refractivity contribution in [3.8, 4) is 0 Å². The molecular weight excluding hydrogens is 384 g/mol. The van der Waals surface area contributed by atoms with Crippen molar-refractivity contribution in [3.05, 3.63) is 18.3 Å². The van der Waals surface area contributed by atoms with Gasteiger partial charge in [-0.15, -0.1) is 0 Å². The molecule has 4 aliphatic rings. The number of rotatable bonds is 4. The first-order valence-electron chi connectivity index (χ1n) is 12.6. The van der Waals surface area contributed by atoms with Crippen molar-refractivity contribution in [1.82, 2.24) is 4.98 Å². The lowest BCUT2D eigenvalue weighted by molar-refractivity contribution is -0.129. The number of pyridine rings is 1. The van der Waals surface area contributed by atoms with Gasteiger partial charge in [0.2, 0.25) is 0 Å². The summed E-state index contributed by atoms with van der Waals surface area (Å²) in [5, 5.41) is 1.45. The standard InChI is InChI=1S/C26H40N4O/c1-16-5-7-18-17(14-16)6-8-20-19(18)11-12-26(2)21(20)9-10-22(26)24(31)15-30(28)25-23(27)4-3-13-29-25/h3-4,13,16-22H,5-12,14-15,27-28H2,1-2H3. The summed E-state index contributed by atoms with van der Waals surface area (Å²) < 4.78 is 0. The van der Waals surface area contributed by atoms with Crippen LogP contribution in [0.4, 0.5) is 11.5 Å².